The van der Waals surface area contributed by atoms with Crippen molar-refractivity contribution >= 4 is 11.9 Å². The molecule has 6 heteroatoms. The van der Waals surface area contributed by atoms with Gasteiger partial charge in [-0.1, -0.05) is 0 Å². The van der Waals surface area contributed by atoms with Gasteiger partial charge in [0, 0.05) is 7.05 Å². The molecule has 0 aliphatic rings. The molecule has 1 aromatic rings. The maximum absolute atomic E-state index is 11.4. The van der Waals surface area contributed by atoms with Crippen molar-refractivity contribution in [3.63, 3.8) is 0 Å². The third-order valence-corrected chi connectivity index (χ3v) is 1.77. The monoisotopic (exact) mass is 197 g/mol. The van der Waals surface area contributed by atoms with Gasteiger partial charge >= 0.3 is 5.97 Å². The fourth-order valence-corrected chi connectivity index (χ4v) is 0.908. The predicted molar refractivity (Wildman–Crippen MR) is 47.8 cm³/mol. The molecule has 0 unspecified atom stereocenters. The molecule has 0 radical (unpaired) electrons. The Labute approximate surface area is 80.6 Å². The average Bonchev–Trinajstić information content (AvgIpc) is 2.51. The summed E-state index contributed by atoms with van der Waals surface area (Å²) in [4.78, 5) is 25.6. The van der Waals surface area contributed by atoms with E-state index in [-0.39, 0.29) is 0 Å². The lowest BCUT2D eigenvalue weighted by Gasteiger charge is -2.08. The number of aromatic nitrogens is 2. The van der Waals surface area contributed by atoms with Crippen LogP contribution in [0.3, 0.4) is 0 Å². The molecule has 1 rings (SSSR count). The molecule has 1 amide bonds. The van der Waals surface area contributed by atoms with Gasteiger partial charge in [-0.05, 0) is 6.92 Å². The number of aliphatic carboxylic acids is 1. The zero-order valence-electron chi connectivity index (χ0n) is 7.89. The Kier molecular flexibility index (Phi) is 2.85. The highest BCUT2D eigenvalue weighted by Crippen LogP contribution is 1.96. The lowest BCUT2D eigenvalue weighted by Crippen LogP contribution is -2.38. The number of carboxylic acid groups (broad SMARTS) is 1. The third-order valence-electron chi connectivity index (χ3n) is 1.77. The molecule has 0 spiro atoms. The van der Waals surface area contributed by atoms with Gasteiger partial charge in [0.05, 0.1) is 12.5 Å². The summed E-state index contributed by atoms with van der Waals surface area (Å²) in [6.45, 7) is 1.40. The van der Waals surface area contributed by atoms with Gasteiger partial charge in [-0.2, -0.15) is 0 Å². The van der Waals surface area contributed by atoms with E-state index in [1.54, 1.807) is 7.05 Å². The van der Waals surface area contributed by atoms with E-state index in [0.717, 1.165) is 0 Å². The van der Waals surface area contributed by atoms with Gasteiger partial charge < -0.3 is 15.0 Å². The molecule has 0 aliphatic heterocycles. The second-order valence-corrected chi connectivity index (χ2v) is 2.92. The van der Waals surface area contributed by atoms with Crippen molar-refractivity contribution in [1.29, 1.82) is 0 Å². The van der Waals surface area contributed by atoms with Crippen LogP contribution in [0.2, 0.25) is 0 Å². The minimum Gasteiger partial charge on any atom is -0.480 e. The molecule has 0 aliphatic carbocycles. The minimum absolute atomic E-state index is 0.332. The Morgan fingerprint density at radius 1 is 1.64 bits per heavy atom. The summed E-state index contributed by atoms with van der Waals surface area (Å²) >= 11 is 0. The second-order valence-electron chi connectivity index (χ2n) is 2.92. The molecule has 0 aromatic carbocycles. The molecule has 1 atom stereocenters. The fourth-order valence-electron chi connectivity index (χ4n) is 0.908. The SMILES string of the molecule is C[C@H](NC(=O)c1cncn1C)C(=O)O. The maximum Gasteiger partial charge on any atom is 0.325 e. The number of carboxylic acids is 1. The molecular weight excluding hydrogens is 186 g/mol. The summed E-state index contributed by atoms with van der Waals surface area (Å²) in [5.41, 5.74) is 0.332. The Balaban J connectivity index is 2.69. The topological polar surface area (TPSA) is 84.2 Å². The van der Waals surface area contributed by atoms with Crippen LogP contribution in [0, 0.1) is 0 Å². The van der Waals surface area contributed by atoms with Crippen molar-refractivity contribution in [3.05, 3.63) is 18.2 Å². The molecule has 2 N–H and O–H groups in total. The zero-order chi connectivity index (χ0) is 10.7. The van der Waals surface area contributed by atoms with E-state index >= 15 is 0 Å². The van der Waals surface area contributed by atoms with Crippen molar-refractivity contribution in [3.8, 4) is 0 Å². The summed E-state index contributed by atoms with van der Waals surface area (Å²) < 4.78 is 1.52. The largest absolute Gasteiger partial charge is 0.480 e. The van der Waals surface area contributed by atoms with Crippen molar-refractivity contribution in [2.75, 3.05) is 0 Å². The Hall–Kier alpha value is -1.85. The fraction of sp³-hybridized carbons (Fsp3) is 0.375. The van der Waals surface area contributed by atoms with Gasteiger partial charge in [0.15, 0.2) is 0 Å². The molecule has 14 heavy (non-hydrogen) atoms. The number of carbonyl (C=O) groups is 2. The Morgan fingerprint density at radius 2 is 2.29 bits per heavy atom. The number of aryl methyl sites for hydroxylation is 1. The molecule has 1 aromatic heterocycles. The van der Waals surface area contributed by atoms with Crippen LogP contribution in [0.15, 0.2) is 12.5 Å². The van der Waals surface area contributed by atoms with Crippen LogP contribution in [0.1, 0.15) is 17.4 Å². The number of nitrogens with zero attached hydrogens (tertiary/aromatic N) is 2. The van der Waals surface area contributed by atoms with Gasteiger partial charge in [-0.15, -0.1) is 0 Å². The summed E-state index contributed by atoms with van der Waals surface area (Å²) in [5.74, 6) is -1.51. The molecular formula is C8H11N3O3. The number of amides is 1. The van der Waals surface area contributed by atoms with Crippen LogP contribution in [0.5, 0.6) is 0 Å². The van der Waals surface area contributed by atoms with E-state index in [1.807, 2.05) is 0 Å². The van der Waals surface area contributed by atoms with Gasteiger partial charge in [0.2, 0.25) is 0 Å². The molecule has 0 saturated heterocycles. The lowest BCUT2D eigenvalue weighted by molar-refractivity contribution is -0.138. The molecule has 0 saturated carbocycles. The van der Waals surface area contributed by atoms with Crippen LogP contribution in [-0.2, 0) is 11.8 Å². The number of hydrogen-bond acceptors (Lipinski definition) is 3. The number of nitrogens with one attached hydrogen (secondary N) is 1. The first-order valence-electron chi connectivity index (χ1n) is 4.02. The standard InChI is InChI=1S/C8H11N3O3/c1-5(8(13)14)10-7(12)6-3-9-4-11(6)2/h3-5H,1-2H3,(H,10,12)(H,13,14)/t5-/m0/s1. The Bertz CT molecular complexity index is 358. The van der Waals surface area contributed by atoms with E-state index in [2.05, 4.69) is 10.3 Å². The van der Waals surface area contributed by atoms with Crippen molar-refractivity contribution in [1.82, 2.24) is 14.9 Å². The van der Waals surface area contributed by atoms with Crippen LogP contribution in [0.4, 0.5) is 0 Å². The zero-order valence-corrected chi connectivity index (χ0v) is 7.89. The highest BCUT2D eigenvalue weighted by molar-refractivity contribution is 5.94. The van der Waals surface area contributed by atoms with Crippen LogP contribution in [-0.4, -0.2) is 32.6 Å². The van der Waals surface area contributed by atoms with Gasteiger partial charge in [-0.25, -0.2) is 4.98 Å². The smallest absolute Gasteiger partial charge is 0.325 e. The average molecular weight is 197 g/mol. The first-order valence-corrected chi connectivity index (χ1v) is 4.02. The molecule has 0 bridgehead atoms. The van der Waals surface area contributed by atoms with E-state index in [4.69, 9.17) is 5.11 Å². The minimum atomic E-state index is -1.07. The first-order chi connectivity index (χ1) is 6.52. The van der Waals surface area contributed by atoms with E-state index < -0.39 is 17.9 Å². The number of rotatable bonds is 3. The maximum atomic E-state index is 11.4. The number of carbonyl (C=O) groups excluding carboxylic acids is 1. The van der Waals surface area contributed by atoms with E-state index in [1.165, 1.54) is 24.0 Å². The molecule has 76 valence electrons. The van der Waals surface area contributed by atoms with Crippen LogP contribution in [0.25, 0.3) is 0 Å². The van der Waals surface area contributed by atoms with Crippen molar-refractivity contribution in [2.24, 2.45) is 7.05 Å². The van der Waals surface area contributed by atoms with Gasteiger partial charge in [0.25, 0.3) is 5.91 Å². The quantitative estimate of drug-likeness (QED) is 0.692. The summed E-state index contributed by atoms with van der Waals surface area (Å²) in [6.07, 6.45) is 2.85. The van der Waals surface area contributed by atoms with Gasteiger partial charge in [-0.3, -0.25) is 9.59 Å². The van der Waals surface area contributed by atoms with Crippen LogP contribution >= 0.6 is 0 Å². The first kappa shape index (κ1) is 10.2. The highest BCUT2D eigenvalue weighted by atomic mass is 16.4. The van der Waals surface area contributed by atoms with E-state index in [0.29, 0.717) is 5.69 Å². The predicted octanol–water partition coefficient (Wildman–Crippen LogP) is -0.377. The number of hydrogen-bond donors (Lipinski definition) is 2. The molecule has 0 fully saturated rings. The molecule has 6 nitrogen and oxygen atoms in total. The number of imidazole rings is 1. The third kappa shape index (κ3) is 2.09. The second kappa shape index (κ2) is 3.91. The van der Waals surface area contributed by atoms with Crippen LogP contribution < -0.4 is 5.32 Å². The van der Waals surface area contributed by atoms with Crippen molar-refractivity contribution in [2.45, 2.75) is 13.0 Å². The van der Waals surface area contributed by atoms with Crippen molar-refractivity contribution < 1.29 is 14.7 Å². The highest BCUT2D eigenvalue weighted by Gasteiger charge is 2.16. The normalized spacial score (nSPS) is 12.1. The Morgan fingerprint density at radius 3 is 2.71 bits per heavy atom. The lowest BCUT2D eigenvalue weighted by atomic mass is 10.3. The molecule has 1 heterocycles. The summed E-state index contributed by atoms with van der Waals surface area (Å²) in [7, 11) is 1.66. The summed E-state index contributed by atoms with van der Waals surface area (Å²) in [6, 6.07) is -0.905. The van der Waals surface area contributed by atoms with E-state index in [9.17, 15) is 9.59 Å². The van der Waals surface area contributed by atoms with Gasteiger partial charge in [0.1, 0.15) is 11.7 Å². The summed E-state index contributed by atoms with van der Waals surface area (Å²) in [5, 5.41) is 10.9.